The molecule has 1 fully saturated rings. The lowest BCUT2D eigenvalue weighted by Gasteiger charge is -2.32. The number of nitrogens with zero attached hydrogens (tertiary/aromatic N) is 1. The van der Waals surface area contributed by atoms with E-state index in [2.05, 4.69) is 11.4 Å². The maximum Gasteiger partial charge on any atom is 0.492 e. The van der Waals surface area contributed by atoms with Crippen LogP contribution in [0.4, 0.5) is 10.5 Å². The van der Waals surface area contributed by atoms with Gasteiger partial charge in [-0.2, -0.15) is 5.26 Å². The molecule has 0 aromatic heterocycles. The first-order chi connectivity index (χ1) is 13.2. The van der Waals surface area contributed by atoms with Crippen LogP contribution < -0.4 is 11.1 Å². The molecule has 1 saturated heterocycles. The standard InChI is InChI=1S/C21H30BN3O4/c1-19(2,3)27-18(26)25-13-16(22-28-20(4,5)21(6,7)29-22)10-14-8-9-17(24)11-15(14)12-23/h8-11H,13,24H2,1-7H3,(H,25,26). The van der Waals surface area contributed by atoms with Gasteiger partial charge < -0.3 is 25.1 Å². The van der Waals surface area contributed by atoms with E-state index in [1.165, 1.54) is 0 Å². The summed E-state index contributed by atoms with van der Waals surface area (Å²) in [5.74, 6) is 0. The van der Waals surface area contributed by atoms with Crippen molar-refractivity contribution in [1.82, 2.24) is 5.32 Å². The molecular weight excluding hydrogens is 369 g/mol. The molecule has 1 aromatic rings. The molecule has 0 aliphatic carbocycles. The Morgan fingerprint density at radius 3 is 2.38 bits per heavy atom. The van der Waals surface area contributed by atoms with Crippen molar-refractivity contribution >= 4 is 25.0 Å². The van der Waals surface area contributed by atoms with Gasteiger partial charge in [0.25, 0.3) is 0 Å². The number of hydrogen-bond acceptors (Lipinski definition) is 6. The molecule has 1 aliphatic heterocycles. The number of nitrogens with two attached hydrogens (primary N) is 1. The van der Waals surface area contributed by atoms with Crippen LogP contribution in [0.5, 0.6) is 0 Å². The van der Waals surface area contributed by atoms with Gasteiger partial charge in [-0.1, -0.05) is 12.1 Å². The predicted molar refractivity (Wildman–Crippen MR) is 114 cm³/mol. The lowest BCUT2D eigenvalue weighted by molar-refractivity contribution is 0.00578. The minimum atomic E-state index is -0.681. The van der Waals surface area contributed by atoms with Crippen molar-refractivity contribution in [2.75, 3.05) is 12.3 Å². The summed E-state index contributed by atoms with van der Waals surface area (Å²) in [6, 6.07) is 7.22. The molecule has 1 aliphatic rings. The summed E-state index contributed by atoms with van der Waals surface area (Å²) in [6.45, 7) is 13.3. The van der Waals surface area contributed by atoms with Gasteiger partial charge in [-0.05, 0) is 71.6 Å². The Hall–Kier alpha value is -2.50. The van der Waals surface area contributed by atoms with Crippen LogP contribution in [0.2, 0.25) is 0 Å². The number of carbonyl (C=O) groups is 1. The first-order valence-electron chi connectivity index (χ1n) is 9.57. The van der Waals surface area contributed by atoms with Crippen LogP contribution >= 0.6 is 0 Å². The Labute approximate surface area is 173 Å². The Balaban J connectivity index is 2.34. The predicted octanol–water partition coefficient (Wildman–Crippen LogP) is 3.68. The molecule has 1 aromatic carbocycles. The smallest absolute Gasteiger partial charge is 0.444 e. The third-order valence-corrected chi connectivity index (χ3v) is 4.93. The topological polar surface area (TPSA) is 107 Å². The van der Waals surface area contributed by atoms with Crippen molar-refractivity contribution in [2.45, 2.75) is 65.3 Å². The van der Waals surface area contributed by atoms with Crippen molar-refractivity contribution in [3.63, 3.8) is 0 Å². The number of hydrogen-bond donors (Lipinski definition) is 2. The average molecular weight is 399 g/mol. The first kappa shape index (κ1) is 22.8. The van der Waals surface area contributed by atoms with Crippen LogP contribution in [0, 0.1) is 11.3 Å². The summed E-state index contributed by atoms with van der Waals surface area (Å²) in [5, 5.41) is 12.2. The van der Waals surface area contributed by atoms with E-state index in [1.54, 1.807) is 45.0 Å². The quantitative estimate of drug-likeness (QED) is 0.591. The SMILES string of the molecule is CC(C)(C)OC(=O)NCC(=Cc1ccc(N)cc1C#N)B1OC(C)(C)C(C)(C)O1. The van der Waals surface area contributed by atoms with Gasteiger partial charge in [-0.3, -0.25) is 0 Å². The van der Waals surface area contributed by atoms with Crippen LogP contribution in [0.1, 0.15) is 59.6 Å². The van der Waals surface area contributed by atoms with Crippen LogP contribution in [-0.2, 0) is 14.0 Å². The number of alkyl carbamates (subject to hydrolysis) is 1. The van der Waals surface area contributed by atoms with Crippen LogP contribution in [0.15, 0.2) is 23.7 Å². The van der Waals surface area contributed by atoms with Crippen molar-refractivity contribution in [2.24, 2.45) is 0 Å². The summed E-state index contributed by atoms with van der Waals surface area (Å²) in [6.07, 6.45) is 1.25. The van der Waals surface area contributed by atoms with E-state index < -0.39 is 30.0 Å². The van der Waals surface area contributed by atoms with E-state index in [0.717, 1.165) is 0 Å². The second-order valence-electron chi connectivity index (χ2n) is 9.12. The molecule has 156 valence electrons. The fraction of sp³-hybridized carbons (Fsp3) is 0.524. The number of anilines is 1. The van der Waals surface area contributed by atoms with E-state index in [-0.39, 0.29) is 6.54 Å². The molecule has 0 radical (unpaired) electrons. The summed E-state index contributed by atoms with van der Waals surface area (Å²) in [7, 11) is -0.681. The highest BCUT2D eigenvalue weighted by Gasteiger charge is 2.52. The fourth-order valence-electron chi connectivity index (χ4n) is 2.68. The summed E-state index contributed by atoms with van der Waals surface area (Å²) in [5.41, 5.74) is 6.36. The number of benzene rings is 1. The molecule has 0 unspecified atom stereocenters. The Bertz CT molecular complexity index is 834. The second-order valence-corrected chi connectivity index (χ2v) is 9.12. The molecule has 1 amide bonds. The normalized spacial score (nSPS) is 18.3. The Morgan fingerprint density at radius 1 is 1.28 bits per heavy atom. The van der Waals surface area contributed by atoms with E-state index in [9.17, 15) is 10.1 Å². The maximum atomic E-state index is 12.1. The minimum absolute atomic E-state index is 0.140. The molecule has 1 heterocycles. The first-order valence-corrected chi connectivity index (χ1v) is 9.57. The zero-order valence-corrected chi connectivity index (χ0v) is 18.3. The lowest BCUT2D eigenvalue weighted by atomic mass is 9.76. The zero-order chi connectivity index (χ0) is 22.0. The van der Waals surface area contributed by atoms with Gasteiger partial charge in [0.2, 0.25) is 0 Å². The van der Waals surface area contributed by atoms with Crippen molar-refractivity contribution < 1.29 is 18.8 Å². The minimum Gasteiger partial charge on any atom is -0.444 e. The van der Waals surface area contributed by atoms with Gasteiger partial charge >= 0.3 is 13.2 Å². The largest absolute Gasteiger partial charge is 0.492 e. The molecule has 7 nitrogen and oxygen atoms in total. The molecule has 2 rings (SSSR count). The molecule has 0 atom stereocenters. The number of carbonyl (C=O) groups excluding carboxylic acids is 1. The van der Waals surface area contributed by atoms with E-state index in [4.69, 9.17) is 19.8 Å². The van der Waals surface area contributed by atoms with E-state index in [1.807, 2.05) is 27.7 Å². The van der Waals surface area contributed by atoms with Gasteiger partial charge in [0, 0.05) is 12.2 Å². The summed E-state index contributed by atoms with van der Waals surface area (Å²) < 4.78 is 17.6. The number of nitrogens with one attached hydrogen (secondary N) is 1. The summed E-state index contributed by atoms with van der Waals surface area (Å²) >= 11 is 0. The number of amides is 1. The van der Waals surface area contributed by atoms with Gasteiger partial charge in [-0.25, -0.2) is 4.79 Å². The van der Waals surface area contributed by atoms with Gasteiger partial charge in [0.05, 0.1) is 22.8 Å². The number of nitrogen functional groups attached to an aromatic ring is 1. The number of rotatable bonds is 4. The maximum absolute atomic E-state index is 12.1. The van der Waals surface area contributed by atoms with Crippen molar-refractivity contribution in [3.8, 4) is 6.07 Å². The van der Waals surface area contributed by atoms with Crippen LogP contribution in [0.3, 0.4) is 0 Å². The second kappa shape index (κ2) is 8.09. The van der Waals surface area contributed by atoms with Crippen LogP contribution in [0.25, 0.3) is 6.08 Å². The average Bonchev–Trinajstić information content (AvgIpc) is 2.78. The molecular formula is C21H30BN3O4. The van der Waals surface area contributed by atoms with Crippen molar-refractivity contribution in [1.29, 1.82) is 5.26 Å². The third-order valence-electron chi connectivity index (χ3n) is 4.93. The highest BCUT2D eigenvalue weighted by Crippen LogP contribution is 2.38. The Morgan fingerprint density at radius 2 is 1.86 bits per heavy atom. The number of nitriles is 1. The van der Waals surface area contributed by atoms with Crippen LogP contribution in [-0.4, -0.2) is 36.6 Å². The van der Waals surface area contributed by atoms with Gasteiger partial charge in [-0.15, -0.1) is 0 Å². The molecule has 0 bridgehead atoms. The molecule has 29 heavy (non-hydrogen) atoms. The monoisotopic (exact) mass is 399 g/mol. The van der Waals surface area contributed by atoms with Gasteiger partial charge in [0.15, 0.2) is 0 Å². The Kier molecular flexibility index (Phi) is 6.36. The fourth-order valence-corrected chi connectivity index (χ4v) is 2.68. The van der Waals surface area contributed by atoms with Gasteiger partial charge in [0.1, 0.15) is 5.60 Å². The third kappa shape index (κ3) is 5.75. The molecule has 0 spiro atoms. The highest BCUT2D eigenvalue weighted by molar-refractivity contribution is 6.56. The summed E-state index contributed by atoms with van der Waals surface area (Å²) in [4.78, 5) is 12.1. The molecule has 8 heteroatoms. The van der Waals surface area contributed by atoms with E-state index >= 15 is 0 Å². The van der Waals surface area contributed by atoms with E-state index in [0.29, 0.717) is 22.3 Å². The lowest BCUT2D eigenvalue weighted by Crippen LogP contribution is -2.41. The molecule has 0 saturated carbocycles. The molecule has 3 N–H and O–H groups in total. The van der Waals surface area contributed by atoms with Crippen molar-refractivity contribution in [3.05, 3.63) is 34.8 Å². The number of ether oxygens (including phenoxy) is 1. The highest BCUT2D eigenvalue weighted by atomic mass is 16.7. The zero-order valence-electron chi connectivity index (χ0n) is 18.3.